The Kier molecular flexibility index (Phi) is 3.84. The summed E-state index contributed by atoms with van der Waals surface area (Å²) in [6.45, 7) is 4.68. The number of nitro groups is 1. The smallest absolute Gasteiger partial charge is 0.292 e. The molecule has 0 aliphatic carbocycles. The molecule has 0 aliphatic heterocycles. The Balaban J connectivity index is 2.38. The fourth-order valence-electron chi connectivity index (χ4n) is 2.26. The van der Waals surface area contributed by atoms with Gasteiger partial charge in [0.25, 0.3) is 0 Å². The van der Waals surface area contributed by atoms with Gasteiger partial charge in [0.1, 0.15) is 23.2 Å². The van der Waals surface area contributed by atoms with Gasteiger partial charge in [-0.05, 0) is 45.0 Å². The molecule has 0 aliphatic rings. The first-order chi connectivity index (χ1) is 9.82. The maximum Gasteiger partial charge on any atom is 0.312 e. The summed E-state index contributed by atoms with van der Waals surface area (Å²) in [4.78, 5) is 22.8. The van der Waals surface area contributed by atoms with E-state index >= 15 is 0 Å². The monoisotopic (exact) mass is 291 g/mol. The van der Waals surface area contributed by atoms with E-state index in [1.165, 1.54) is 35.9 Å². The SMILES string of the molecule is Cc1nn(C(C)C(=O)c2ccc(F)cc2)c(C)c1[N+](=O)[O-]. The molecular formula is C14H14FN3O3. The van der Waals surface area contributed by atoms with E-state index in [1.54, 1.807) is 13.8 Å². The quantitative estimate of drug-likeness (QED) is 0.493. The Hall–Kier alpha value is -2.57. The average Bonchev–Trinajstić information content (AvgIpc) is 2.73. The second-order valence-electron chi connectivity index (χ2n) is 4.77. The van der Waals surface area contributed by atoms with Gasteiger partial charge >= 0.3 is 5.69 Å². The van der Waals surface area contributed by atoms with Crippen LogP contribution in [0, 0.1) is 29.8 Å². The molecule has 1 aromatic heterocycles. The van der Waals surface area contributed by atoms with Gasteiger partial charge in [-0.25, -0.2) is 4.39 Å². The van der Waals surface area contributed by atoms with Crippen LogP contribution >= 0.6 is 0 Å². The number of rotatable bonds is 4. The fourth-order valence-corrected chi connectivity index (χ4v) is 2.26. The molecule has 2 rings (SSSR count). The maximum atomic E-state index is 12.9. The van der Waals surface area contributed by atoms with Gasteiger partial charge in [-0.2, -0.15) is 5.10 Å². The number of aromatic nitrogens is 2. The number of halogens is 1. The topological polar surface area (TPSA) is 78.0 Å². The number of nitrogens with zero attached hydrogens (tertiary/aromatic N) is 3. The van der Waals surface area contributed by atoms with E-state index in [2.05, 4.69) is 5.10 Å². The van der Waals surface area contributed by atoms with E-state index in [9.17, 15) is 19.3 Å². The lowest BCUT2D eigenvalue weighted by molar-refractivity contribution is -0.386. The molecule has 1 heterocycles. The van der Waals surface area contributed by atoms with Crippen molar-refractivity contribution < 1.29 is 14.1 Å². The van der Waals surface area contributed by atoms with Crippen LogP contribution in [-0.4, -0.2) is 20.5 Å². The van der Waals surface area contributed by atoms with E-state index in [0.29, 0.717) is 11.3 Å². The number of aryl methyl sites for hydroxylation is 1. The minimum absolute atomic E-state index is 0.0891. The Labute approximate surface area is 120 Å². The molecule has 1 unspecified atom stereocenters. The number of Topliss-reactive ketones (excluding diaryl/α,β-unsaturated/α-hetero) is 1. The van der Waals surface area contributed by atoms with Crippen LogP contribution < -0.4 is 0 Å². The van der Waals surface area contributed by atoms with Crippen molar-refractivity contribution in [1.82, 2.24) is 9.78 Å². The second kappa shape index (κ2) is 5.43. The van der Waals surface area contributed by atoms with Gasteiger partial charge < -0.3 is 0 Å². The number of hydrogen-bond acceptors (Lipinski definition) is 4. The molecule has 0 N–H and O–H groups in total. The summed E-state index contributed by atoms with van der Waals surface area (Å²) in [5, 5.41) is 15.1. The van der Waals surface area contributed by atoms with Crippen LogP contribution in [0.3, 0.4) is 0 Å². The molecule has 0 radical (unpaired) electrons. The van der Waals surface area contributed by atoms with Gasteiger partial charge in [-0.1, -0.05) is 0 Å². The van der Waals surface area contributed by atoms with Gasteiger partial charge in [0, 0.05) is 5.56 Å². The highest BCUT2D eigenvalue weighted by molar-refractivity contribution is 5.98. The molecule has 1 aromatic carbocycles. The molecule has 110 valence electrons. The Morgan fingerprint density at radius 3 is 2.38 bits per heavy atom. The Morgan fingerprint density at radius 2 is 1.90 bits per heavy atom. The van der Waals surface area contributed by atoms with Crippen molar-refractivity contribution in [1.29, 1.82) is 0 Å². The van der Waals surface area contributed by atoms with Gasteiger partial charge in [0.05, 0.1) is 4.92 Å². The first kappa shape index (κ1) is 14.8. The predicted molar refractivity (Wildman–Crippen MR) is 73.8 cm³/mol. The lowest BCUT2D eigenvalue weighted by Gasteiger charge is -2.12. The van der Waals surface area contributed by atoms with Crippen molar-refractivity contribution >= 4 is 11.5 Å². The van der Waals surface area contributed by atoms with E-state index in [0.717, 1.165) is 0 Å². The van der Waals surface area contributed by atoms with Gasteiger partial charge in [0.2, 0.25) is 0 Å². The molecule has 7 heteroatoms. The zero-order valence-electron chi connectivity index (χ0n) is 11.8. The number of carbonyl (C=O) groups is 1. The third kappa shape index (κ3) is 2.67. The number of hydrogen-bond donors (Lipinski definition) is 0. The molecule has 2 aromatic rings. The highest BCUT2D eigenvalue weighted by atomic mass is 19.1. The summed E-state index contributed by atoms with van der Waals surface area (Å²) in [6.07, 6.45) is 0. The standard InChI is InChI=1S/C14H14FN3O3/c1-8-13(18(20)21)9(2)17(16-8)10(3)14(19)11-4-6-12(15)7-5-11/h4-7,10H,1-3H3. The zero-order chi connectivity index (χ0) is 15.7. The van der Waals surface area contributed by atoms with E-state index in [1.807, 2.05) is 0 Å². The highest BCUT2D eigenvalue weighted by Gasteiger charge is 2.27. The molecular weight excluding hydrogens is 277 g/mol. The molecule has 21 heavy (non-hydrogen) atoms. The molecule has 0 saturated carbocycles. The maximum absolute atomic E-state index is 12.9. The summed E-state index contributed by atoms with van der Waals surface area (Å²) >= 11 is 0. The van der Waals surface area contributed by atoms with Crippen LogP contribution in [0.5, 0.6) is 0 Å². The summed E-state index contributed by atoms with van der Waals surface area (Å²) in [5.74, 6) is -0.712. The molecule has 1 atom stereocenters. The van der Waals surface area contributed by atoms with Crippen molar-refractivity contribution in [3.8, 4) is 0 Å². The van der Waals surface area contributed by atoms with Crippen LogP contribution in [0.15, 0.2) is 24.3 Å². The van der Waals surface area contributed by atoms with Crippen molar-refractivity contribution in [3.63, 3.8) is 0 Å². The molecule has 6 nitrogen and oxygen atoms in total. The third-order valence-corrected chi connectivity index (χ3v) is 3.34. The summed E-state index contributed by atoms with van der Waals surface area (Å²) in [5.41, 5.74) is 0.824. The molecule has 0 saturated heterocycles. The van der Waals surface area contributed by atoms with Gasteiger partial charge in [0.15, 0.2) is 5.78 Å². The number of carbonyl (C=O) groups excluding carboxylic acids is 1. The van der Waals surface area contributed by atoms with Crippen molar-refractivity contribution in [2.45, 2.75) is 26.8 Å². The molecule has 0 fully saturated rings. The largest absolute Gasteiger partial charge is 0.312 e. The van der Waals surface area contributed by atoms with E-state index in [-0.39, 0.29) is 17.2 Å². The van der Waals surface area contributed by atoms with Gasteiger partial charge in [-0.15, -0.1) is 0 Å². The predicted octanol–water partition coefficient (Wildman–Crippen LogP) is 2.99. The number of ketones is 1. The van der Waals surface area contributed by atoms with E-state index in [4.69, 9.17) is 0 Å². The normalized spacial score (nSPS) is 12.2. The second-order valence-corrected chi connectivity index (χ2v) is 4.77. The molecule has 0 spiro atoms. The van der Waals surface area contributed by atoms with E-state index < -0.39 is 16.8 Å². The lowest BCUT2D eigenvalue weighted by Crippen LogP contribution is -2.19. The van der Waals surface area contributed by atoms with Crippen LogP contribution in [0.25, 0.3) is 0 Å². The molecule has 0 bridgehead atoms. The Bertz CT molecular complexity index is 707. The minimum atomic E-state index is -0.706. The fraction of sp³-hybridized carbons (Fsp3) is 0.286. The minimum Gasteiger partial charge on any atom is -0.292 e. The summed E-state index contributed by atoms with van der Waals surface area (Å²) in [6, 6.07) is 4.46. The third-order valence-electron chi connectivity index (χ3n) is 3.34. The van der Waals surface area contributed by atoms with Crippen molar-refractivity contribution in [2.75, 3.05) is 0 Å². The molecule has 0 amide bonds. The van der Waals surface area contributed by atoms with Crippen molar-refractivity contribution in [3.05, 3.63) is 57.1 Å². The van der Waals surface area contributed by atoms with Gasteiger partial charge in [-0.3, -0.25) is 19.6 Å². The van der Waals surface area contributed by atoms with Crippen LogP contribution in [0.4, 0.5) is 10.1 Å². The highest BCUT2D eigenvalue weighted by Crippen LogP contribution is 2.26. The van der Waals surface area contributed by atoms with Crippen LogP contribution in [0.2, 0.25) is 0 Å². The van der Waals surface area contributed by atoms with Crippen LogP contribution in [0.1, 0.15) is 34.7 Å². The number of benzene rings is 1. The first-order valence-electron chi connectivity index (χ1n) is 6.32. The first-order valence-corrected chi connectivity index (χ1v) is 6.32. The lowest BCUT2D eigenvalue weighted by atomic mass is 10.1. The van der Waals surface area contributed by atoms with Crippen LogP contribution in [-0.2, 0) is 0 Å². The summed E-state index contributed by atoms with van der Waals surface area (Å²) in [7, 11) is 0. The Morgan fingerprint density at radius 1 is 1.33 bits per heavy atom. The summed E-state index contributed by atoms with van der Waals surface area (Å²) < 4.78 is 14.2. The zero-order valence-corrected chi connectivity index (χ0v) is 11.8. The average molecular weight is 291 g/mol. The van der Waals surface area contributed by atoms with Crippen molar-refractivity contribution in [2.24, 2.45) is 0 Å².